The number of aliphatic hydroxyl groups is 1. The molecule has 3 aliphatic rings. The lowest BCUT2D eigenvalue weighted by Gasteiger charge is -2.40. The smallest absolute Gasteiger partial charge is 0.244 e. The van der Waals surface area contributed by atoms with Crippen LogP contribution < -0.4 is 10.6 Å². The van der Waals surface area contributed by atoms with Crippen LogP contribution in [-0.2, 0) is 20.9 Å². The van der Waals surface area contributed by atoms with Gasteiger partial charge in [0.05, 0.1) is 29.2 Å². The van der Waals surface area contributed by atoms with Crippen LogP contribution in [0.1, 0.15) is 32.8 Å². The van der Waals surface area contributed by atoms with Crippen LogP contribution >= 0.6 is 11.8 Å². The zero-order chi connectivity index (χ0) is 23.2. The number of aliphatic hydroxyl groups excluding tert-OH is 1. The predicted molar refractivity (Wildman–Crippen MR) is 124 cm³/mol. The number of carbonyl (C=O) groups is 3. The summed E-state index contributed by atoms with van der Waals surface area (Å²) in [6.07, 6.45) is 0.800. The minimum atomic E-state index is -0.720. The number of nitrogens with zero attached hydrogens (tertiary/aromatic N) is 1. The van der Waals surface area contributed by atoms with Gasteiger partial charge in [-0.2, -0.15) is 0 Å². The fourth-order valence-electron chi connectivity index (χ4n) is 6.08. The molecule has 3 amide bonds. The Morgan fingerprint density at radius 2 is 1.94 bits per heavy atom. The minimum absolute atomic E-state index is 0.0251. The first-order valence-corrected chi connectivity index (χ1v) is 12.3. The van der Waals surface area contributed by atoms with Gasteiger partial charge in [0.25, 0.3) is 0 Å². The second-order valence-electron chi connectivity index (χ2n) is 9.61. The van der Waals surface area contributed by atoms with Gasteiger partial charge >= 0.3 is 0 Å². The topological polar surface area (TPSA) is 98.7 Å². The highest BCUT2D eigenvalue weighted by atomic mass is 32.2. The molecule has 174 valence electrons. The highest BCUT2D eigenvalue weighted by molar-refractivity contribution is 8.02. The van der Waals surface area contributed by atoms with Gasteiger partial charge in [-0.1, -0.05) is 51.1 Å². The van der Waals surface area contributed by atoms with Crippen molar-refractivity contribution in [2.75, 3.05) is 13.7 Å². The van der Waals surface area contributed by atoms with Gasteiger partial charge in [-0.3, -0.25) is 14.4 Å². The molecule has 3 saturated heterocycles. The number of amides is 3. The SMILES string of the molecule is CNC(=O)[C@@H]1[C@H]2C(=O)N([C@@H](CO)C(C)C)C(C(=O)NCc3ccccc3)C23S[C@@H]1CC3C. The molecule has 1 spiro atoms. The van der Waals surface area contributed by atoms with Crippen molar-refractivity contribution >= 4 is 29.5 Å². The van der Waals surface area contributed by atoms with Gasteiger partial charge in [0.1, 0.15) is 6.04 Å². The second-order valence-corrected chi connectivity index (χ2v) is 11.2. The van der Waals surface area contributed by atoms with Gasteiger partial charge in [0.2, 0.25) is 17.7 Å². The lowest BCUT2D eigenvalue weighted by Crippen LogP contribution is -2.59. The van der Waals surface area contributed by atoms with Gasteiger partial charge < -0.3 is 20.6 Å². The third-order valence-electron chi connectivity index (χ3n) is 7.60. The number of thioether (sulfide) groups is 1. The third kappa shape index (κ3) is 3.34. The molecule has 0 aromatic heterocycles. The molecule has 1 aromatic rings. The van der Waals surface area contributed by atoms with E-state index < -0.39 is 28.7 Å². The predicted octanol–water partition coefficient (Wildman–Crippen LogP) is 1.40. The normalized spacial score (nSPS) is 34.0. The molecule has 3 unspecified atom stereocenters. The first-order valence-electron chi connectivity index (χ1n) is 11.4. The molecule has 3 aliphatic heterocycles. The fourth-order valence-corrected chi connectivity index (χ4v) is 8.49. The van der Waals surface area contributed by atoms with Gasteiger partial charge in [0.15, 0.2) is 0 Å². The number of nitrogens with one attached hydrogen (secondary N) is 2. The molecule has 8 heteroatoms. The number of hydrogen-bond donors (Lipinski definition) is 3. The van der Waals surface area contributed by atoms with Gasteiger partial charge in [0, 0.05) is 18.8 Å². The summed E-state index contributed by atoms with van der Waals surface area (Å²) in [5.74, 6) is -1.44. The number of rotatable bonds is 7. The molecular weight excluding hydrogens is 426 g/mol. The van der Waals surface area contributed by atoms with E-state index in [1.54, 1.807) is 23.7 Å². The Labute approximate surface area is 193 Å². The highest BCUT2D eigenvalue weighted by Crippen LogP contribution is 2.68. The summed E-state index contributed by atoms with van der Waals surface area (Å²) in [6.45, 7) is 6.14. The lowest BCUT2D eigenvalue weighted by atomic mass is 9.66. The second kappa shape index (κ2) is 8.71. The van der Waals surface area contributed by atoms with Crippen molar-refractivity contribution < 1.29 is 19.5 Å². The van der Waals surface area contributed by atoms with E-state index >= 15 is 0 Å². The van der Waals surface area contributed by atoms with Crippen LogP contribution in [-0.4, -0.2) is 63.5 Å². The number of likely N-dealkylation sites (tertiary alicyclic amines) is 1. The molecule has 3 N–H and O–H groups in total. The Hall–Kier alpha value is -2.06. The van der Waals surface area contributed by atoms with Crippen LogP contribution in [0.4, 0.5) is 0 Å². The molecule has 32 heavy (non-hydrogen) atoms. The summed E-state index contributed by atoms with van der Waals surface area (Å²) >= 11 is 1.65. The van der Waals surface area contributed by atoms with E-state index in [0.29, 0.717) is 6.54 Å². The number of fused-ring (bicyclic) bond motifs is 1. The molecule has 4 rings (SSSR count). The Kier molecular flexibility index (Phi) is 6.29. The average Bonchev–Trinajstić information content (AvgIpc) is 3.37. The molecule has 0 aliphatic carbocycles. The summed E-state index contributed by atoms with van der Waals surface area (Å²) in [4.78, 5) is 42.1. The maximum atomic E-state index is 13.9. The molecule has 3 fully saturated rings. The standard InChI is InChI=1S/C24H33N3O4S/c1-13(2)16(12-28)27-20(22(30)26-11-15-8-6-5-7-9-15)24-14(3)10-17(32-24)18(21(29)25-4)19(24)23(27)31/h5-9,13-14,16-20,28H,10-12H2,1-4H3,(H,25,29)(H,26,30)/t14?,16-,17+,18-,19-,20?,24?/m0/s1. The molecule has 3 heterocycles. The molecule has 7 atom stereocenters. The van der Waals surface area contributed by atoms with Crippen LogP contribution in [0.15, 0.2) is 30.3 Å². The first-order chi connectivity index (χ1) is 15.3. The van der Waals surface area contributed by atoms with Crippen LogP contribution in [0, 0.1) is 23.7 Å². The van der Waals surface area contributed by atoms with Crippen molar-refractivity contribution in [2.45, 2.75) is 55.8 Å². The molecule has 0 radical (unpaired) electrons. The van der Waals surface area contributed by atoms with E-state index in [0.717, 1.165) is 12.0 Å². The maximum absolute atomic E-state index is 13.9. The van der Waals surface area contributed by atoms with Crippen LogP contribution in [0.3, 0.4) is 0 Å². The Morgan fingerprint density at radius 1 is 1.25 bits per heavy atom. The molecule has 1 aromatic carbocycles. The van der Waals surface area contributed by atoms with Crippen molar-refractivity contribution in [3.63, 3.8) is 0 Å². The molecule has 7 nitrogen and oxygen atoms in total. The number of carbonyl (C=O) groups excluding carboxylic acids is 3. The van der Waals surface area contributed by atoms with E-state index in [2.05, 4.69) is 17.6 Å². The summed E-state index contributed by atoms with van der Waals surface area (Å²) in [6, 6.07) is 8.47. The summed E-state index contributed by atoms with van der Waals surface area (Å²) < 4.78 is -0.665. The van der Waals surface area contributed by atoms with E-state index in [1.807, 2.05) is 44.2 Å². The van der Waals surface area contributed by atoms with Crippen molar-refractivity contribution in [2.24, 2.45) is 23.7 Å². The number of benzene rings is 1. The number of hydrogen-bond acceptors (Lipinski definition) is 5. The van der Waals surface area contributed by atoms with E-state index in [4.69, 9.17) is 0 Å². The van der Waals surface area contributed by atoms with Gasteiger partial charge in [-0.05, 0) is 23.8 Å². The zero-order valence-electron chi connectivity index (χ0n) is 19.1. The summed E-state index contributed by atoms with van der Waals surface area (Å²) in [5, 5.41) is 16.0. The van der Waals surface area contributed by atoms with Gasteiger partial charge in [-0.25, -0.2) is 0 Å². The third-order valence-corrected chi connectivity index (χ3v) is 9.68. The zero-order valence-corrected chi connectivity index (χ0v) is 19.9. The maximum Gasteiger partial charge on any atom is 0.244 e. The van der Waals surface area contributed by atoms with Crippen LogP contribution in [0.25, 0.3) is 0 Å². The Balaban J connectivity index is 1.74. The first kappa shape index (κ1) is 23.1. The van der Waals surface area contributed by atoms with E-state index in [1.165, 1.54) is 0 Å². The van der Waals surface area contributed by atoms with Gasteiger partial charge in [-0.15, -0.1) is 11.8 Å². The summed E-state index contributed by atoms with van der Waals surface area (Å²) in [7, 11) is 1.60. The lowest BCUT2D eigenvalue weighted by molar-refractivity contribution is -0.143. The van der Waals surface area contributed by atoms with Crippen LogP contribution in [0.2, 0.25) is 0 Å². The van der Waals surface area contributed by atoms with E-state index in [9.17, 15) is 19.5 Å². The molecule has 2 bridgehead atoms. The van der Waals surface area contributed by atoms with Crippen molar-refractivity contribution in [1.29, 1.82) is 0 Å². The fraction of sp³-hybridized carbons (Fsp3) is 0.625. The average molecular weight is 460 g/mol. The van der Waals surface area contributed by atoms with E-state index in [-0.39, 0.29) is 41.4 Å². The quantitative estimate of drug-likeness (QED) is 0.573. The highest BCUT2D eigenvalue weighted by Gasteiger charge is 2.76. The molecule has 0 saturated carbocycles. The van der Waals surface area contributed by atoms with Crippen molar-refractivity contribution in [1.82, 2.24) is 15.5 Å². The Morgan fingerprint density at radius 3 is 2.53 bits per heavy atom. The monoisotopic (exact) mass is 459 g/mol. The Bertz CT molecular complexity index is 894. The van der Waals surface area contributed by atoms with Crippen LogP contribution in [0.5, 0.6) is 0 Å². The van der Waals surface area contributed by atoms with Crippen molar-refractivity contribution in [3.05, 3.63) is 35.9 Å². The minimum Gasteiger partial charge on any atom is -0.394 e. The molecular formula is C24H33N3O4S. The summed E-state index contributed by atoms with van der Waals surface area (Å²) in [5.41, 5.74) is 0.980. The van der Waals surface area contributed by atoms with Crippen molar-refractivity contribution in [3.8, 4) is 0 Å². The largest absolute Gasteiger partial charge is 0.394 e.